The molecule has 0 aromatic heterocycles. The first-order chi connectivity index (χ1) is 11.8. The highest BCUT2D eigenvalue weighted by Gasteiger charge is 2.21. The maximum atomic E-state index is 12.2. The van der Waals surface area contributed by atoms with Gasteiger partial charge in [0.05, 0.1) is 11.4 Å². The zero-order valence-electron chi connectivity index (χ0n) is 15.3. The molecule has 2 atom stereocenters. The molecule has 0 unspecified atom stereocenters. The number of carbonyl (C=O) groups is 1. The molecule has 0 aliphatic carbocycles. The Bertz CT molecular complexity index is 673. The van der Waals surface area contributed by atoms with E-state index in [-0.39, 0.29) is 16.8 Å². The molecule has 0 spiro atoms. The summed E-state index contributed by atoms with van der Waals surface area (Å²) in [6.07, 6.45) is 4.21. The predicted octanol–water partition coefficient (Wildman–Crippen LogP) is 2.58. The van der Waals surface area contributed by atoms with Gasteiger partial charge in [-0.2, -0.15) is 0 Å². The molecule has 7 heteroatoms. The van der Waals surface area contributed by atoms with Gasteiger partial charge in [-0.25, -0.2) is 13.1 Å². The van der Waals surface area contributed by atoms with Gasteiger partial charge < -0.3 is 5.32 Å². The van der Waals surface area contributed by atoms with Crippen LogP contribution in [0.25, 0.3) is 0 Å². The second-order valence-electron chi connectivity index (χ2n) is 6.82. The van der Waals surface area contributed by atoms with Crippen molar-refractivity contribution in [1.82, 2.24) is 9.62 Å². The van der Waals surface area contributed by atoms with Crippen molar-refractivity contribution in [2.24, 2.45) is 0 Å². The first kappa shape index (κ1) is 19.9. The Morgan fingerprint density at radius 1 is 1.28 bits per heavy atom. The summed E-state index contributed by atoms with van der Waals surface area (Å²) >= 11 is 0. The summed E-state index contributed by atoms with van der Waals surface area (Å²) in [5.41, 5.74) is 0.608. The van der Waals surface area contributed by atoms with E-state index in [1.165, 1.54) is 18.6 Å². The summed E-state index contributed by atoms with van der Waals surface area (Å²) in [7, 11) is -3.52. The van der Waals surface area contributed by atoms with E-state index in [1.807, 2.05) is 13.8 Å². The van der Waals surface area contributed by atoms with E-state index >= 15 is 0 Å². The molecule has 1 aromatic carbocycles. The number of anilines is 1. The highest BCUT2D eigenvalue weighted by Crippen LogP contribution is 2.17. The average Bonchev–Trinajstić information content (AvgIpc) is 2.57. The van der Waals surface area contributed by atoms with Gasteiger partial charge in [0.15, 0.2) is 0 Å². The lowest BCUT2D eigenvalue weighted by molar-refractivity contribution is -0.118. The maximum absolute atomic E-state index is 12.2. The number of nitrogens with one attached hydrogen (secondary N) is 2. The molecule has 25 heavy (non-hydrogen) atoms. The first-order valence-electron chi connectivity index (χ1n) is 8.98. The number of piperidine rings is 1. The summed E-state index contributed by atoms with van der Waals surface area (Å²) in [6, 6.07) is 6.61. The van der Waals surface area contributed by atoms with Crippen molar-refractivity contribution in [2.45, 2.75) is 63.4 Å². The van der Waals surface area contributed by atoms with E-state index in [2.05, 4.69) is 21.9 Å². The number of amides is 1. The van der Waals surface area contributed by atoms with Gasteiger partial charge in [0.1, 0.15) is 0 Å². The van der Waals surface area contributed by atoms with Crippen LogP contribution in [0.4, 0.5) is 5.69 Å². The minimum absolute atomic E-state index is 0.0675. The number of sulfonamides is 1. The molecule has 2 N–H and O–H groups in total. The van der Waals surface area contributed by atoms with Crippen LogP contribution in [0.1, 0.15) is 46.5 Å². The summed E-state index contributed by atoms with van der Waals surface area (Å²) in [5, 5.41) is 2.84. The van der Waals surface area contributed by atoms with Crippen molar-refractivity contribution in [2.75, 3.05) is 18.4 Å². The smallest absolute Gasteiger partial charge is 0.240 e. The van der Waals surface area contributed by atoms with Crippen LogP contribution in [-0.4, -0.2) is 44.4 Å². The molecule has 0 radical (unpaired) electrons. The van der Waals surface area contributed by atoms with E-state index in [1.54, 1.807) is 12.1 Å². The van der Waals surface area contributed by atoms with Crippen molar-refractivity contribution in [3.8, 4) is 0 Å². The number of rotatable bonds is 7. The van der Waals surface area contributed by atoms with Crippen molar-refractivity contribution in [3.05, 3.63) is 24.3 Å². The summed E-state index contributed by atoms with van der Waals surface area (Å²) in [6.45, 7) is 7.23. The third-order valence-electron chi connectivity index (χ3n) is 4.70. The maximum Gasteiger partial charge on any atom is 0.240 e. The van der Waals surface area contributed by atoms with Gasteiger partial charge in [0.25, 0.3) is 0 Å². The molecular weight excluding hydrogens is 338 g/mol. The molecule has 1 saturated heterocycles. The van der Waals surface area contributed by atoms with Crippen molar-refractivity contribution < 1.29 is 13.2 Å². The molecule has 0 saturated carbocycles. The molecule has 1 amide bonds. The molecule has 2 rings (SSSR count). The third kappa shape index (κ3) is 5.80. The Kier molecular flexibility index (Phi) is 6.98. The van der Waals surface area contributed by atoms with Crippen LogP contribution in [-0.2, 0) is 14.8 Å². The Morgan fingerprint density at radius 3 is 2.56 bits per heavy atom. The van der Waals surface area contributed by atoms with Crippen LogP contribution >= 0.6 is 0 Å². The van der Waals surface area contributed by atoms with Crippen LogP contribution in [0.5, 0.6) is 0 Å². The van der Waals surface area contributed by atoms with Crippen molar-refractivity contribution >= 4 is 21.6 Å². The van der Waals surface area contributed by atoms with Gasteiger partial charge in [-0.05, 0) is 63.9 Å². The monoisotopic (exact) mass is 367 g/mol. The summed E-state index contributed by atoms with van der Waals surface area (Å²) in [4.78, 5) is 14.6. The van der Waals surface area contributed by atoms with Gasteiger partial charge >= 0.3 is 0 Å². The zero-order chi connectivity index (χ0) is 18.4. The molecule has 1 fully saturated rings. The molecule has 6 nitrogen and oxygen atoms in total. The minimum Gasteiger partial charge on any atom is -0.325 e. The summed E-state index contributed by atoms with van der Waals surface area (Å²) in [5.74, 6) is -0.0675. The lowest BCUT2D eigenvalue weighted by Gasteiger charge is -2.32. The predicted molar refractivity (Wildman–Crippen MR) is 100 cm³/mol. The van der Waals surface area contributed by atoms with Gasteiger partial charge in [0, 0.05) is 17.8 Å². The van der Waals surface area contributed by atoms with Gasteiger partial charge in [-0.3, -0.25) is 9.69 Å². The van der Waals surface area contributed by atoms with Gasteiger partial charge in [-0.15, -0.1) is 0 Å². The standard InChI is InChI=1S/C18H29N3O3S/c1-4-14(2)20-25(23,24)17-10-8-16(9-11-17)19-18(22)13-21-12-6-5-7-15(21)3/h8-11,14-15,20H,4-7,12-13H2,1-3H3,(H,19,22)/t14-,15-/m1/s1. The van der Waals surface area contributed by atoms with Crippen LogP contribution in [0.3, 0.4) is 0 Å². The fourth-order valence-corrected chi connectivity index (χ4v) is 4.24. The van der Waals surface area contributed by atoms with E-state index in [4.69, 9.17) is 0 Å². The number of likely N-dealkylation sites (tertiary alicyclic amines) is 1. The average molecular weight is 368 g/mol. The topological polar surface area (TPSA) is 78.5 Å². The highest BCUT2D eigenvalue weighted by atomic mass is 32.2. The Balaban J connectivity index is 1.94. The minimum atomic E-state index is -3.52. The number of hydrogen-bond donors (Lipinski definition) is 2. The van der Waals surface area contributed by atoms with Crippen molar-refractivity contribution in [1.29, 1.82) is 0 Å². The molecule has 1 aliphatic heterocycles. The Morgan fingerprint density at radius 2 is 1.96 bits per heavy atom. The normalized spacial score (nSPS) is 20.2. The fraction of sp³-hybridized carbons (Fsp3) is 0.611. The van der Waals surface area contributed by atoms with E-state index in [0.29, 0.717) is 18.3 Å². The second-order valence-corrected chi connectivity index (χ2v) is 8.53. The third-order valence-corrected chi connectivity index (χ3v) is 6.31. The number of hydrogen-bond acceptors (Lipinski definition) is 4. The molecule has 1 aliphatic rings. The largest absolute Gasteiger partial charge is 0.325 e. The lowest BCUT2D eigenvalue weighted by Crippen LogP contribution is -2.42. The summed E-state index contributed by atoms with van der Waals surface area (Å²) < 4.78 is 27.1. The molecule has 1 aromatic rings. The fourth-order valence-electron chi connectivity index (χ4n) is 2.91. The van der Waals surface area contributed by atoms with Crippen LogP contribution in [0.15, 0.2) is 29.2 Å². The van der Waals surface area contributed by atoms with E-state index in [0.717, 1.165) is 25.8 Å². The molecule has 140 valence electrons. The van der Waals surface area contributed by atoms with Crippen LogP contribution in [0, 0.1) is 0 Å². The lowest BCUT2D eigenvalue weighted by atomic mass is 10.0. The van der Waals surface area contributed by atoms with Gasteiger partial charge in [0.2, 0.25) is 15.9 Å². The zero-order valence-corrected chi connectivity index (χ0v) is 16.1. The molecule has 1 heterocycles. The SMILES string of the molecule is CC[C@@H](C)NS(=O)(=O)c1ccc(NC(=O)CN2CCCC[C@H]2C)cc1. The number of benzene rings is 1. The quantitative estimate of drug-likeness (QED) is 0.776. The first-order valence-corrected chi connectivity index (χ1v) is 10.5. The molecular formula is C18H29N3O3S. The van der Waals surface area contributed by atoms with Crippen LogP contribution < -0.4 is 10.0 Å². The Hall–Kier alpha value is -1.44. The Labute approximate surface area is 151 Å². The second kappa shape index (κ2) is 8.78. The van der Waals surface area contributed by atoms with E-state index < -0.39 is 10.0 Å². The van der Waals surface area contributed by atoms with Crippen LogP contribution in [0.2, 0.25) is 0 Å². The number of nitrogens with zero attached hydrogens (tertiary/aromatic N) is 1. The van der Waals surface area contributed by atoms with Gasteiger partial charge in [-0.1, -0.05) is 13.3 Å². The molecule has 0 bridgehead atoms. The van der Waals surface area contributed by atoms with E-state index in [9.17, 15) is 13.2 Å². The highest BCUT2D eigenvalue weighted by molar-refractivity contribution is 7.89. The van der Waals surface area contributed by atoms with Crippen molar-refractivity contribution in [3.63, 3.8) is 0 Å². The number of carbonyl (C=O) groups excluding carboxylic acids is 1.